The Bertz CT molecular complexity index is 5880. The lowest BCUT2D eigenvalue weighted by Crippen LogP contribution is -2.61. The average molecular weight is 1340 g/mol. The maximum atomic E-state index is 15.5. The number of rotatable bonds is 12. The van der Waals surface area contributed by atoms with Gasteiger partial charge in [0.05, 0.1) is 22.3 Å². The molecular weight excluding hydrogens is 1290 g/mol. The van der Waals surface area contributed by atoms with Crippen molar-refractivity contribution >= 4 is 79.0 Å². The van der Waals surface area contributed by atoms with E-state index in [1.54, 1.807) is 6.07 Å². The van der Waals surface area contributed by atoms with E-state index >= 15 is 13.2 Å². The molecule has 0 aliphatic carbocycles. The highest BCUT2D eigenvalue weighted by Crippen LogP contribution is 2.49. The summed E-state index contributed by atoms with van der Waals surface area (Å²) in [5, 5.41) is 1.61. The lowest BCUT2D eigenvalue weighted by atomic mass is 9.33. The van der Waals surface area contributed by atoms with E-state index in [9.17, 15) is 0 Å². The van der Waals surface area contributed by atoms with Gasteiger partial charge in [-0.05, 0) is 147 Å². The van der Waals surface area contributed by atoms with E-state index in [4.69, 9.17) is 29.9 Å². The number of para-hydroxylation sites is 2. The summed E-state index contributed by atoms with van der Waals surface area (Å²) < 4.78 is 48.5. The summed E-state index contributed by atoms with van der Waals surface area (Å²) in [6, 6.07) is 116. The van der Waals surface area contributed by atoms with Crippen molar-refractivity contribution in [3.05, 3.63) is 351 Å². The number of hydrogen-bond acceptors (Lipinski definition) is 8. The molecular formula is C91H57BF3N9. The Hall–Kier alpha value is -13.6. The fourth-order valence-electron chi connectivity index (χ4n) is 15.1. The summed E-state index contributed by atoms with van der Waals surface area (Å²) in [7, 11) is 0. The molecule has 0 fully saturated rings. The van der Waals surface area contributed by atoms with Crippen LogP contribution in [0.15, 0.2) is 346 Å². The zero-order valence-electron chi connectivity index (χ0n) is 55.6. The molecule has 19 rings (SSSR count). The topological polar surface area (TPSA) is 88.8 Å². The molecule has 17 aromatic rings. The van der Waals surface area contributed by atoms with E-state index in [1.807, 2.05) is 138 Å². The predicted molar refractivity (Wildman–Crippen MR) is 415 cm³/mol. The summed E-state index contributed by atoms with van der Waals surface area (Å²) in [5.74, 6) is 2.13. The van der Waals surface area contributed by atoms with Crippen LogP contribution in [0.1, 0.15) is 5.56 Å². The van der Waals surface area contributed by atoms with Crippen molar-refractivity contribution in [2.45, 2.75) is 6.18 Å². The Labute approximate surface area is 598 Å². The molecule has 0 atom stereocenters. The van der Waals surface area contributed by atoms with E-state index in [-0.39, 0.29) is 18.1 Å². The zero-order valence-corrected chi connectivity index (χ0v) is 55.6. The van der Waals surface area contributed by atoms with Crippen molar-refractivity contribution in [1.29, 1.82) is 0 Å². The van der Waals surface area contributed by atoms with Crippen LogP contribution in [0.2, 0.25) is 0 Å². The van der Waals surface area contributed by atoms with Gasteiger partial charge in [0, 0.05) is 78.3 Å². The number of fused-ring (bicyclic) bond motifs is 7. The standard InChI is InChI=1S/C91H57BF3N9/c93-91(94,95)69-45-50-79(74(57-69)90-100-87(62-33-17-5-18-34-62)97-88(101-90)63-35-19-6-20-36-63)104-77-46-41-64(51-72(77)73-52-67(44-47-78(73)104)89-98-85(60-29-13-3-14-30-60)96-86(99-89)61-31-15-4-16-32-61)68-55-82-84-83(56-68)103(71-39-23-8-24-40-71)81-49-43-66(59-27-11-2-12-28-59)54-76(81)92(84)75-53-65(58-25-9-1-10-26-58)42-48-80(75)102(82)70-37-21-7-22-38-70/h1-57H. The minimum atomic E-state index is -4.72. The van der Waals surface area contributed by atoms with Gasteiger partial charge < -0.3 is 14.4 Å². The highest BCUT2D eigenvalue weighted by atomic mass is 19.4. The number of aromatic nitrogens is 7. The van der Waals surface area contributed by atoms with Crippen LogP contribution in [0.5, 0.6) is 0 Å². The van der Waals surface area contributed by atoms with E-state index in [0.717, 1.165) is 106 Å². The molecule has 9 nitrogen and oxygen atoms in total. The van der Waals surface area contributed by atoms with Crippen molar-refractivity contribution in [3.8, 4) is 107 Å². The molecule has 0 saturated carbocycles. The highest BCUT2D eigenvalue weighted by molar-refractivity contribution is 7.00. The van der Waals surface area contributed by atoms with Gasteiger partial charge in [0.15, 0.2) is 34.9 Å². The molecule has 0 unspecified atom stereocenters. The minimum Gasteiger partial charge on any atom is -0.311 e. The van der Waals surface area contributed by atoms with Crippen LogP contribution in [0, 0.1) is 0 Å². The maximum Gasteiger partial charge on any atom is 0.416 e. The van der Waals surface area contributed by atoms with Crippen molar-refractivity contribution < 1.29 is 13.2 Å². The van der Waals surface area contributed by atoms with Gasteiger partial charge in [-0.3, -0.25) is 0 Å². The quantitative estimate of drug-likeness (QED) is 0.112. The molecule has 0 bridgehead atoms. The van der Waals surface area contributed by atoms with E-state index in [1.165, 1.54) is 17.0 Å². The summed E-state index contributed by atoms with van der Waals surface area (Å²) in [5.41, 5.74) is 20.9. The Morgan fingerprint density at radius 2 is 0.577 bits per heavy atom. The monoisotopic (exact) mass is 1340 g/mol. The summed E-state index contributed by atoms with van der Waals surface area (Å²) in [6.07, 6.45) is -4.72. The Balaban J connectivity index is 0.884. The predicted octanol–water partition coefficient (Wildman–Crippen LogP) is 21.3. The van der Waals surface area contributed by atoms with Gasteiger partial charge in [0.2, 0.25) is 0 Å². The third-order valence-corrected chi connectivity index (χ3v) is 19.9. The number of anilines is 6. The fourth-order valence-corrected chi connectivity index (χ4v) is 15.1. The highest BCUT2D eigenvalue weighted by Gasteiger charge is 2.44. The first kappa shape index (κ1) is 61.4. The summed E-state index contributed by atoms with van der Waals surface area (Å²) in [6.45, 7) is -0.222. The van der Waals surface area contributed by atoms with E-state index in [2.05, 4.69) is 204 Å². The number of alkyl halides is 3. The first-order valence-electron chi connectivity index (χ1n) is 34.5. The van der Waals surface area contributed by atoms with Crippen molar-refractivity contribution in [2.75, 3.05) is 9.80 Å². The summed E-state index contributed by atoms with van der Waals surface area (Å²) in [4.78, 5) is 35.4. The third-order valence-electron chi connectivity index (χ3n) is 19.9. The van der Waals surface area contributed by atoms with Gasteiger partial charge in [-0.2, -0.15) is 13.2 Å². The van der Waals surface area contributed by atoms with Crippen LogP contribution >= 0.6 is 0 Å². The molecule has 2 aliphatic rings. The molecule has 5 heterocycles. The largest absolute Gasteiger partial charge is 0.416 e. The zero-order chi connectivity index (χ0) is 69.4. The van der Waals surface area contributed by atoms with Crippen molar-refractivity contribution in [2.24, 2.45) is 0 Å². The molecule has 0 N–H and O–H groups in total. The molecule has 490 valence electrons. The summed E-state index contributed by atoms with van der Waals surface area (Å²) >= 11 is 0. The van der Waals surface area contributed by atoms with Crippen LogP contribution in [-0.2, 0) is 6.18 Å². The molecule has 104 heavy (non-hydrogen) atoms. The maximum absolute atomic E-state index is 15.5. The van der Waals surface area contributed by atoms with Crippen LogP contribution in [0.4, 0.5) is 47.3 Å². The van der Waals surface area contributed by atoms with Crippen molar-refractivity contribution in [3.63, 3.8) is 0 Å². The molecule has 14 aromatic carbocycles. The Kier molecular flexibility index (Phi) is 14.9. The number of nitrogens with zero attached hydrogens (tertiary/aromatic N) is 9. The number of halogens is 3. The lowest BCUT2D eigenvalue weighted by Gasteiger charge is -2.44. The molecule has 3 aromatic heterocycles. The molecule has 13 heteroatoms. The second-order valence-electron chi connectivity index (χ2n) is 26.1. The molecule has 2 aliphatic heterocycles. The van der Waals surface area contributed by atoms with Crippen LogP contribution in [-0.4, -0.2) is 41.2 Å². The molecule has 0 amide bonds. The van der Waals surface area contributed by atoms with Gasteiger partial charge in [-0.15, -0.1) is 0 Å². The normalized spacial score (nSPS) is 12.3. The average Bonchev–Trinajstić information content (AvgIpc) is 0.766. The molecule has 0 saturated heterocycles. The van der Waals surface area contributed by atoms with Gasteiger partial charge >= 0.3 is 6.18 Å². The number of benzene rings is 14. The van der Waals surface area contributed by atoms with Gasteiger partial charge in [-0.25, -0.2) is 29.9 Å². The van der Waals surface area contributed by atoms with Gasteiger partial charge in [0.1, 0.15) is 0 Å². The molecule has 0 spiro atoms. The first-order valence-corrected chi connectivity index (χ1v) is 34.5. The Morgan fingerprint density at radius 3 is 0.981 bits per heavy atom. The first-order chi connectivity index (χ1) is 51.2. The van der Waals surface area contributed by atoms with Gasteiger partial charge in [0.25, 0.3) is 6.71 Å². The SMILES string of the molecule is FC(F)(F)c1ccc(-n2c3ccc(-c4cc5c6c(c4)N(c4ccccc4)c4ccc(-c7ccccc7)cc4B6c4cc(-c6ccccc6)ccc4N5c4ccccc4)cc3c3cc(-c4nc(-c5ccccc5)nc(-c5ccccc5)n4)ccc32)c(-c2nc(-c3ccccc3)nc(-c3ccccc3)n2)c1. The number of hydrogen-bond donors (Lipinski definition) is 0. The second-order valence-corrected chi connectivity index (χ2v) is 26.1. The van der Waals surface area contributed by atoms with Crippen LogP contribution in [0.25, 0.3) is 129 Å². The minimum absolute atomic E-state index is 0.0668. The second kappa shape index (κ2) is 25.2. The Morgan fingerprint density at radius 1 is 0.250 bits per heavy atom. The van der Waals surface area contributed by atoms with Crippen molar-refractivity contribution in [1.82, 2.24) is 34.5 Å². The fraction of sp³-hybridized carbons (Fsp3) is 0.0110. The van der Waals surface area contributed by atoms with E-state index < -0.39 is 11.7 Å². The molecule has 0 radical (unpaired) electrons. The third kappa shape index (κ3) is 10.8. The van der Waals surface area contributed by atoms with Crippen LogP contribution < -0.4 is 26.2 Å². The lowest BCUT2D eigenvalue weighted by molar-refractivity contribution is -0.137. The smallest absolute Gasteiger partial charge is 0.311 e. The van der Waals surface area contributed by atoms with Crippen LogP contribution in [0.3, 0.4) is 0 Å². The van der Waals surface area contributed by atoms with Gasteiger partial charge in [-0.1, -0.05) is 249 Å². The van der Waals surface area contributed by atoms with E-state index in [0.29, 0.717) is 57.0 Å².